The molecule has 0 spiro atoms. The molecule has 1 fully saturated rings. The number of rotatable bonds is 3. The first-order valence-electron chi connectivity index (χ1n) is 12.6. The summed E-state index contributed by atoms with van der Waals surface area (Å²) in [5.74, 6) is -0.344. The smallest absolute Gasteiger partial charge is 0.410 e. The summed E-state index contributed by atoms with van der Waals surface area (Å²) >= 11 is 0. The van der Waals surface area contributed by atoms with E-state index in [1.165, 1.54) is 23.4 Å². The number of amides is 2. The van der Waals surface area contributed by atoms with Crippen molar-refractivity contribution in [3.8, 4) is 0 Å². The first-order chi connectivity index (χ1) is 17.2. The van der Waals surface area contributed by atoms with E-state index in [2.05, 4.69) is 15.2 Å². The largest absolute Gasteiger partial charge is 0.444 e. The van der Waals surface area contributed by atoms with E-state index in [0.717, 1.165) is 29.6 Å². The van der Waals surface area contributed by atoms with E-state index in [1.807, 2.05) is 51.1 Å². The number of benzene rings is 2. The van der Waals surface area contributed by atoms with Gasteiger partial charge in [-0.15, -0.1) is 0 Å². The normalized spacial score (nSPS) is 16.7. The number of likely N-dealkylation sites (tertiary alicyclic amines) is 1. The number of nitrogens with zero attached hydrogens (tertiary/aromatic N) is 2. The van der Waals surface area contributed by atoms with Crippen LogP contribution in [0.25, 0.3) is 10.9 Å². The minimum atomic E-state index is -0.520. The molecule has 2 N–H and O–H groups in total. The average molecular weight is 493 g/mol. The lowest BCUT2D eigenvalue weighted by Crippen LogP contribution is -2.47. The quantitative estimate of drug-likeness (QED) is 0.540. The summed E-state index contributed by atoms with van der Waals surface area (Å²) in [5, 5.41) is 4.19. The Labute approximate surface area is 210 Å². The zero-order valence-electron chi connectivity index (χ0n) is 21.1. The third-order valence-electron chi connectivity index (χ3n) is 6.91. The van der Waals surface area contributed by atoms with E-state index in [9.17, 15) is 14.0 Å². The molecule has 0 bridgehead atoms. The number of carbonyl (C=O) groups is 2. The van der Waals surface area contributed by atoms with Crippen molar-refractivity contribution in [3.63, 3.8) is 0 Å². The van der Waals surface area contributed by atoms with Gasteiger partial charge in [0, 0.05) is 72.1 Å². The number of halogens is 1. The van der Waals surface area contributed by atoms with Crippen molar-refractivity contribution in [2.24, 2.45) is 0 Å². The fourth-order valence-corrected chi connectivity index (χ4v) is 5.03. The van der Waals surface area contributed by atoms with E-state index in [-0.39, 0.29) is 23.9 Å². The second kappa shape index (κ2) is 9.48. The predicted octanol–water partition coefficient (Wildman–Crippen LogP) is 5.00. The molecule has 0 unspecified atom stereocenters. The number of hydrogen-bond acceptors (Lipinski definition) is 4. The van der Waals surface area contributed by atoms with E-state index in [1.54, 1.807) is 4.90 Å². The maximum Gasteiger partial charge on any atom is 0.410 e. The third kappa shape index (κ3) is 5.17. The molecule has 1 aromatic heterocycles. The number of anilines is 1. The van der Waals surface area contributed by atoms with E-state index in [4.69, 9.17) is 4.74 Å². The molecular formula is C28H33FN4O3. The van der Waals surface area contributed by atoms with Gasteiger partial charge in [-0.3, -0.25) is 4.79 Å². The highest BCUT2D eigenvalue weighted by Crippen LogP contribution is 2.31. The lowest BCUT2D eigenvalue weighted by atomic mass is 10.0. The monoisotopic (exact) mass is 492 g/mol. The van der Waals surface area contributed by atoms with Crippen molar-refractivity contribution in [1.82, 2.24) is 15.2 Å². The lowest BCUT2D eigenvalue weighted by molar-refractivity contribution is 0.0199. The Morgan fingerprint density at radius 2 is 1.78 bits per heavy atom. The van der Waals surface area contributed by atoms with Gasteiger partial charge < -0.3 is 24.8 Å². The molecule has 0 radical (unpaired) electrons. The molecule has 5 rings (SSSR count). The summed E-state index contributed by atoms with van der Waals surface area (Å²) in [7, 11) is 0. The fourth-order valence-electron chi connectivity index (χ4n) is 5.03. The second-order valence-corrected chi connectivity index (χ2v) is 10.7. The van der Waals surface area contributed by atoms with Crippen LogP contribution >= 0.6 is 0 Å². The topological polar surface area (TPSA) is 77.7 Å². The van der Waals surface area contributed by atoms with Crippen molar-refractivity contribution in [2.45, 2.75) is 58.2 Å². The number of hydrogen-bond donors (Lipinski definition) is 2. The van der Waals surface area contributed by atoms with Gasteiger partial charge in [0.25, 0.3) is 5.91 Å². The summed E-state index contributed by atoms with van der Waals surface area (Å²) < 4.78 is 18.8. The average Bonchev–Trinajstić information content (AvgIpc) is 3.21. The number of aromatic amines is 1. The first kappa shape index (κ1) is 24.2. The maximum atomic E-state index is 13.4. The van der Waals surface area contributed by atoms with Gasteiger partial charge in [-0.25, -0.2) is 9.18 Å². The van der Waals surface area contributed by atoms with Gasteiger partial charge in [0.1, 0.15) is 11.4 Å². The fraction of sp³-hybridized carbons (Fsp3) is 0.429. The molecule has 2 aromatic carbocycles. The lowest BCUT2D eigenvalue weighted by Gasteiger charge is -2.33. The predicted molar refractivity (Wildman–Crippen MR) is 138 cm³/mol. The Kier molecular flexibility index (Phi) is 6.36. The van der Waals surface area contributed by atoms with Gasteiger partial charge in [-0.2, -0.15) is 0 Å². The van der Waals surface area contributed by atoms with Gasteiger partial charge in [0.2, 0.25) is 0 Å². The standard InChI is InChI=1S/C28H33FN4O3/c1-28(2,3)36-27(35)32-13-10-20(11-14-32)30-26(34)18-4-9-24-22(16-18)23-17-33(15-12-25(23)31-24)21-7-5-19(29)6-8-21/h4-9,16,20,31H,10-15,17H2,1-3H3,(H,30,34). The molecule has 3 heterocycles. The molecule has 0 aliphatic carbocycles. The maximum absolute atomic E-state index is 13.4. The van der Waals surface area contributed by atoms with Crippen LogP contribution in [0.2, 0.25) is 0 Å². The molecule has 2 aliphatic heterocycles. The molecule has 36 heavy (non-hydrogen) atoms. The highest BCUT2D eigenvalue weighted by atomic mass is 19.1. The Balaban J connectivity index is 1.25. The number of aromatic nitrogens is 1. The van der Waals surface area contributed by atoms with Gasteiger partial charge in [-0.05, 0) is 76.1 Å². The van der Waals surface area contributed by atoms with Crippen LogP contribution < -0.4 is 10.2 Å². The van der Waals surface area contributed by atoms with Crippen LogP contribution in [0, 0.1) is 5.82 Å². The van der Waals surface area contributed by atoms with Gasteiger partial charge in [-0.1, -0.05) is 0 Å². The van der Waals surface area contributed by atoms with Crippen molar-refractivity contribution in [2.75, 3.05) is 24.5 Å². The Morgan fingerprint density at radius 1 is 1.06 bits per heavy atom. The van der Waals surface area contributed by atoms with Crippen molar-refractivity contribution < 1.29 is 18.7 Å². The van der Waals surface area contributed by atoms with E-state index < -0.39 is 5.60 Å². The van der Waals surface area contributed by atoms with Crippen molar-refractivity contribution in [1.29, 1.82) is 0 Å². The molecule has 0 atom stereocenters. The van der Waals surface area contributed by atoms with Gasteiger partial charge in [0.05, 0.1) is 0 Å². The Bertz CT molecular complexity index is 1270. The summed E-state index contributed by atoms with van der Waals surface area (Å²) in [5.41, 5.74) is 4.48. The molecule has 1 saturated heterocycles. The van der Waals surface area contributed by atoms with Crippen LogP contribution in [0.4, 0.5) is 14.9 Å². The number of ether oxygens (including phenoxy) is 1. The summed E-state index contributed by atoms with van der Waals surface area (Å²) in [6.45, 7) is 8.24. The highest BCUT2D eigenvalue weighted by Gasteiger charge is 2.28. The molecule has 7 nitrogen and oxygen atoms in total. The number of H-pyrrole nitrogens is 1. The molecular weight excluding hydrogens is 459 g/mol. The van der Waals surface area contributed by atoms with Crippen molar-refractivity contribution in [3.05, 3.63) is 65.1 Å². The Hall–Kier alpha value is -3.55. The molecule has 2 aliphatic rings. The molecule has 8 heteroatoms. The van der Waals surface area contributed by atoms with E-state index in [0.29, 0.717) is 38.0 Å². The Morgan fingerprint density at radius 3 is 2.47 bits per heavy atom. The third-order valence-corrected chi connectivity index (χ3v) is 6.91. The van der Waals surface area contributed by atoms with Crippen LogP contribution in [0.1, 0.15) is 55.2 Å². The van der Waals surface area contributed by atoms with Gasteiger partial charge >= 0.3 is 6.09 Å². The zero-order chi connectivity index (χ0) is 25.4. The van der Waals surface area contributed by atoms with Gasteiger partial charge in [0.15, 0.2) is 0 Å². The number of carbonyl (C=O) groups excluding carboxylic acids is 2. The highest BCUT2D eigenvalue weighted by molar-refractivity contribution is 5.99. The number of nitrogens with one attached hydrogen (secondary N) is 2. The molecule has 190 valence electrons. The minimum absolute atomic E-state index is 0.0148. The zero-order valence-corrected chi connectivity index (χ0v) is 21.1. The van der Waals surface area contributed by atoms with Crippen LogP contribution in [-0.4, -0.2) is 53.2 Å². The van der Waals surface area contributed by atoms with Crippen molar-refractivity contribution >= 4 is 28.6 Å². The summed E-state index contributed by atoms with van der Waals surface area (Å²) in [6.07, 6.45) is 1.95. The van der Waals surface area contributed by atoms with Crippen LogP contribution in [0.15, 0.2) is 42.5 Å². The molecule has 2 amide bonds. The number of fused-ring (bicyclic) bond motifs is 3. The summed E-state index contributed by atoms with van der Waals surface area (Å²) in [4.78, 5) is 32.8. The van der Waals surface area contributed by atoms with Crippen LogP contribution in [-0.2, 0) is 17.7 Å². The number of piperidine rings is 1. The first-order valence-corrected chi connectivity index (χ1v) is 12.6. The summed E-state index contributed by atoms with van der Waals surface area (Å²) in [6, 6.07) is 12.4. The molecule has 3 aromatic rings. The molecule has 0 saturated carbocycles. The van der Waals surface area contributed by atoms with Crippen LogP contribution in [0.5, 0.6) is 0 Å². The SMILES string of the molecule is CC(C)(C)OC(=O)N1CCC(NC(=O)c2ccc3[nH]c4c(c3c2)CN(c2ccc(F)cc2)CC4)CC1. The second-order valence-electron chi connectivity index (χ2n) is 10.7. The minimum Gasteiger partial charge on any atom is -0.444 e. The van der Waals surface area contributed by atoms with E-state index >= 15 is 0 Å². The van der Waals surface area contributed by atoms with Crippen LogP contribution in [0.3, 0.4) is 0 Å².